The summed E-state index contributed by atoms with van der Waals surface area (Å²) in [4.78, 5) is 13.5. The van der Waals surface area contributed by atoms with Gasteiger partial charge < -0.3 is 15.0 Å². The fourth-order valence-corrected chi connectivity index (χ4v) is 1.51. The zero-order valence-corrected chi connectivity index (χ0v) is 8.38. The summed E-state index contributed by atoms with van der Waals surface area (Å²) in [5.41, 5.74) is 0. The van der Waals surface area contributed by atoms with Crippen LogP contribution in [0.3, 0.4) is 0 Å². The van der Waals surface area contributed by atoms with Gasteiger partial charge in [-0.1, -0.05) is 6.92 Å². The Bertz CT molecular complexity index is 153. The van der Waals surface area contributed by atoms with Gasteiger partial charge in [0.25, 0.3) is 5.91 Å². The maximum atomic E-state index is 11.7. The van der Waals surface area contributed by atoms with Gasteiger partial charge in [0, 0.05) is 19.6 Å². The molecule has 1 rings (SSSR count). The summed E-state index contributed by atoms with van der Waals surface area (Å²) in [6.45, 7) is 4.95. The van der Waals surface area contributed by atoms with Crippen molar-refractivity contribution in [3.63, 3.8) is 0 Å². The highest BCUT2D eigenvalue weighted by Crippen LogP contribution is 2.06. The number of nitrogens with zero attached hydrogens (tertiary/aromatic N) is 1. The van der Waals surface area contributed by atoms with E-state index in [4.69, 9.17) is 4.74 Å². The first-order chi connectivity index (χ1) is 6.29. The molecule has 1 atom stereocenters. The van der Waals surface area contributed by atoms with E-state index in [1.807, 2.05) is 11.9 Å². The Balaban J connectivity index is 2.45. The summed E-state index contributed by atoms with van der Waals surface area (Å²) >= 11 is 0. The summed E-state index contributed by atoms with van der Waals surface area (Å²) in [5.74, 6) is 0.127. The number of ether oxygens (including phenoxy) is 1. The summed E-state index contributed by atoms with van der Waals surface area (Å²) in [6, 6.07) is 0. The molecule has 0 spiro atoms. The first kappa shape index (κ1) is 10.5. The van der Waals surface area contributed by atoms with Gasteiger partial charge in [-0.2, -0.15) is 0 Å². The molecule has 0 radical (unpaired) electrons. The normalized spacial score (nSPS) is 23.7. The minimum Gasteiger partial charge on any atom is -0.365 e. The van der Waals surface area contributed by atoms with Crippen LogP contribution in [0.5, 0.6) is 0 Å². The average Bonchev–Trinajstić information content (AvgIpc) is 2.13. The number of hydrogen-bond acceptors (Lipinski definition) is 3. The van der Waals surface area contributed by atoms with Crippen LogP contribution in [0.25, 0.3) is 0 Å². The molecule has 1 heterocycles. The minimum absolute atomic E-state index is 0.127. The van der Waals surface area contributed by atoms with E-state index in [0.29, 0.717) is 13.2 Å². The molecule has 1 aliphatic rings. The van der Waals surface area contributed by atoms with Crippen LogP contribution in [0, 0.1) is 0 Å². The standard InChI is InChI=1S/C9H18N2O2/c1-3-4-11-5-6-13-8(7-10-2)9(11)12/h8,10H,3-7H2,1-2H3. The fourth-order valence-electron chi connectivity index (χ4n) is 1.51. The van der Waals surface area contributed by atoms with Crippen molar-refractivity contribution < 1.29 is 9.53 Å². The first-order valence-electron chi connectivity index (χ1n) is 4.84. The molecular formula is C9H18N2O2. The van der Waals surface area contributed by atoms with E-state index in [2.05, 4.69) is 12.2 Å². The molecule has 1 aliphatic heterocycles. The minimum atomic E-state index is -0.273. The molecule has 1 amide bonds. The van der Waals surface area contributed by atoms with Crippen molar-refractivity contribution in [1.29, 1.82) is 0 Å². The molecule has 1 saturated heterocycles. The maximum Gasteiger partial charge on any atom is 0.253 e. The van der Waals surface area contributed by atoms with Gasteiger partial charge in [0.1, 0.15) is 6.10 Å². The highest BCUT2D eigenvalue weighted by atomic mass is 16.5. The first-order valence-corrected chi connectivity index (χ1v) is 4.84. The number of amides is 1. The number of carbonyl (C=O) groups excluding carboxylic acids is 1. The monoisotopic (exact) mass is 186 g/mol. The highest BCUT2D eigenvalue weighted by molar-refractivity contribution is 5.81. The van der Waals surface area contributed by atoms with Crippen molar-refractivity contribution in [2.24, 2.45) is 0 Å². The molecular weight excluding hydrogens is 168 g/mol. The summed E-state index contributed by atoms with van der Waals surface area (Å²) < 4.78 is 5.35. The van der Waals surface area contributed by atoms with Gasteiger partial charge >= 0.3 is 0 Å². The van der Waals surface area contributed by atoms with Crippen LogP contribution >= 0.6 is 0 Å². The van der Waals surface area contributed by atoms with Crippen LogP contribution in [0.1, 0.15) is 13.3 Å². The van der Waals surface area contributed by atoms with Crippen LogP contribution in [-0.2, 0) is 9.53 Å². The lowest BCUT2D eigenvalue weighted by Crippen LogP contribution is -2.51. The molecule has 1 fully saturated rings. The summed E-state index contributed by atoms with van der Waals surface area (Å²) in [5, 5.41) is 2.96. The van der Waals surface area contributed by atoms with Crippen molar-refractivity contribution in [3.05, 3.63) is 0 Å². The van der Waals surface area contributed by atoms with Crippen LogP contribution in [-0.4, -0.2) is 50.2 Å². The molecule has 0 aromatic rings. The van der Waals surface area contributed by atoms with E-state index in [1.54, 1.807) is 0 Å². The zero-order valence-electron chi connectivity index (χ0n) is 8.38. The third-order valence-corrected chi connectivity index (χ3v) is 2.15. The molecule has 0 aliphatic carbocycles. The molecule has 4 nitrogen and oxygen atoms in total. The lowest BCUT2D eigenvalue weighted by molar-refractivity contribution is -0.152. The third kappa shape index (κ3) is 2.67. The molecule has 1 N–H and O–H groups in total. The Kier molecular flexibility index (Phi) is 4.18. The second-order valence-corrected chi connectivity index (χ2v) is 3.24. The molecule has 13 heavy (non-hydrogen) atoms. The van der Waals surface area contributed by atoms with Gasteiger partial charge in [-0.3, -0.25) is 4.79 Å². The molecule has 0 aromatic heterocycles. The Labute approximate surface area is 79.2 Å². The average molecular weight is 186 g/mol. The van der Waals surface area contributed by atoms with Crippen LogP contribution in [0.15, 0.2) is 0 Å². The van der Waals surface area contributed by atoms with E-state index in [0.717, 1.165) is 19.5 Å². The van der Waals surface area contributed by atoms with E-state index in [9.17, 15) is 4.79 Å². The highest BCUT2D eigenvalue weighted by Gasteiger charge is 2.27. The molecule has 4 heteroatoms. The van der Waals surface area contributed by atoms with Crippen molar-refractivity contribution in [3.8, 4) is 0 Å². The van der Waals surface area contributed by atoms with Crippen LogP contribution in [0.4, 0.5) is 0 Å². The van der Waals surface area contributed by atoms with Gasteiger partial charge in [-0.15, -0.1) is 0 Å². The van der Waals surface area contributed by atoms with Gasteiger partial charge in [-0.25, -0.2) is 0 Å². The third-order valence-electron chi connectivity index (χ3n) is 2.15. The van der Waals surface area contributed by atoms with Gasteiger partial charge in [-0.05, 0) is 13.5 Å². The quantitative estimate of drug-likeness (QED) is 0.663. The van der Waals surface area contributed by atoms with Gasteiger partial charge in [0.05, 0.1) is 6.61 Å². The smallest absolute Gasteiger partial charge is 0.253 e. The topological polar surface area (TPSA) is 41.6 Å². The predicted octanol–water partition coefficient (Wildman–Crippen LogP) is -0.157. The number of nitrogens with one attached hydrogen (secondary N) is 1. The summed E-state index contributed by atoms with van der Waals surface area (Å²) in [6.07, 6.45) is 0.739. The Morgan fingerprint density at radius 3 is 3.08 bits per heavy atom. The van der Waals surface area contributed by atoms with Crippen molar-refractivity contribution in [2.75, 3.05) is 33.3 Å². The summed E-state index contributed by atoms with van der Waals surface area (Å²) in [7, 11) is 1.83. The number of hydrogen-bond donors (Lipinski definition) is 1. The van der Waals surface area contributed by atoms with Crippen molar-refractivity contribution >= 4 is 5.91 Å². The number of rotatable bonds is 4. The van der Waals surface area contributed by atoms with Crippen molar-refractivity contribution in [2.45, 2.75) is 19.4 Å². The number of carbonyl (C=O) groups is 1. The maximum absolute atomic E-state index is 11.7. The molecule has 1 unspecified atom stereocenters. The second-order valence-electron chi connectivity index (χ2n) is 3.24. The SMILES string of the molecule is CCCN1CCOC(CNC)C1=O. The van der Waals surface area contributed by atoms with E-state index in [1.165, 1.54) is 0 Å². The molecule has 76 valence electrons. The number of likely N-dealkylation sites (N-methyl/N-ethyl adjacent to an activating group) is 1. The molecule has 0 saturated carbocycles. The predicted molar refractivity (Wildman–Crippen MR) is 50.5 cm³/mol. The van der Waals surface area contributed by atoms with Crippen LogP contribution in [0.2, 0.25) is 0 Å². The Hall–Kier alpha value is -0.610. The largest absolute Gasteiger partial charge is 0.365 e. The number of morpholine rings is 1. The van der Waals surface area contributed by atoms with Gasteiger partial charge in [0.15, 0.2) is 0 Å². The zero-order chi connectivity index (χ0) is 9.68. The van der Waals surface area contributed by atoms with E-state index >= 15 is 0 Å². The lowest BCUT2D eigenvalue weighted by atomic mass is 10.2. The second kappa shape index (κ2) is 5.19. The Morgan fingerprint density at radius 1 is 1.69 bits per heavy atom. The van der Waals surface area contributed by atoms with Crippen molar-refractivity contribution in [1.82, 2.24) is 10.2 Å². The van der Waals surface area contributed by atoms with E-state index in [-0.39, 0.29) is 12.0 Å². The molecule has 0 bridgehead atoms. The fraction of sp³-hybridized carbons (Fsp3) is 0.889. The lowest BCUT2D eigenvalue weighted by Gasteiger charge is -2.32. The van der Waals surface area contributed by atoms with E-state index < -0.39 is 0 Å². The Morgan fingerprint density at radius 2 is 2.46 bits per heavy atom. The van der Waals surface area contributed by atoms with Gasteiger partial charge in [0.2, 0.25) is 0 Å². The van der Waals surface area contributed by atoms with Crippen LogP contribution < -0.4 is 5.32 Å². The molecule has 0 aromatic carbocycles.